The molecule has 2 aliphatic rings. The summed E-state index contributed by atoms with van der Waals surface area (Å²) in [6, 6.07) is 0. The van der Waals surface area contributed by atoms with E-state index in [0.29, 0.717) is 0 Å². The highest BCUT2D eigenvalue weighted by molar-refractivity contribution is 5.66. The fourth-order valence-electron chi connectivity index (χ4n) is 2.61. The van der Waals surface area contributed by atoms with Gasteiger partial charge in [0, 0.05) is 6.92 Å². The van der Waals surface area contributed by atoms with Crippen molar-refractivity contribution in [2.24, 2.45) is 11.8 Å². The molecule has 0 radical (unpaired) electrons. The molecule has 0 heterocycles. The SMILES string of the molecule is CC(=O)OC1C[C@H]2CC=CC[C@H]2C1. The van der Waals surface area contributed by atoms with Crippen LogP contribution in [0.4, 0.5) is 0 Å². The van der Waals surface area contributed by atoms with Crippen molar-refractivity contribution in [3.63, 3.8) is 0 Å². The van der Waals surface area contributed by atoms with Gasteiger partial charge in [-0.3, -0.25) is 4.79 Å². The van der Waals surface area contributed by atoms with Crippen molar-refractivity contribution >= 4 is 5.97 Å². The van der Waals surface area contributed by atoms with E-state index in [4.69, 9.17) is 4.74 Å². The van der Waals surface area contributed by atoms with E-state index in [1.165, 1.54) is 19.8 Å². The molecule has 72 valence electrons. The molecule has 0 aromatic carbocycles. The molecular formula is C11H16O2. The van der Waals surface area contributed by atoms with Crippen LogP contribution in [-0.4, -0.2) is 12.1 Å². The number of allylic oxidation sites excluding steroid dienone is 2. The molecule has 0 spiro atoms. The zero-order valence-corrected chi connectivity index (χ0v) is 8.03. The van der Waals surface area contributed by atoms with E-state index < -0.39 is 0 Å². The molecule has 0 amide bonds. The van der Waals surface area contributed by atoms with E-state index in [9.17, 15) is 4.79 Å². The van der Waals surface area contributed by atoms with Gasteiger partial charge >= 0.3 is 5.97 Å². The molecule has 0 aromatic heterocycles. The van der Waals surface area contributed by atoms with Crippen molar-refractivity contribution in [2.45, 2.75) is 38.7 Å². The molecule has 3 atom stereocenters. The standard InChI is InChI=1S/C11H16O2/c1-8(12)13-11-6-9-4-2-3-5-10(9)7-11/h2-3,9-11H,4-7H2,1H3/t9-,10+,11?. The van der Waals surface area contributed by atoms with Crippen molar-refractivity contribution in [1.82, 2.24) is 0 Å². The van der Waals surface area contributed by atoms with Gasteiger partial charge in [-0.15, -0.1) is 0 Å². The maximum absolute atomic E-state index is 10.8. The quantitative estimate of drug-likeness (QED) is 0.457. The number of hydrogen-bond donors (Lipinski definition) is 0. The average Bonchev–Trinajstić information content (AvgIpc) is 2.44. The van der Waals surface area contributed by atoms with Gasteiger partial charge in [-0.25, -0.2) is 0 Å². The summed E-state index contributed by atoms with van der Waals surface area (Å²) in [6.07, 6.45) is 9.25. The number of rotatable bonds is 1. The Hall–Kier alpha value is -0.790. The molecule has 0 bridgehead atoms. The first-order chi connectivity index (χ1) is 6.25. The monoisotopic (exact) mass is 180 g/mol. The van der Waals surface area contributed by atoms with Gasteiger partial charge in [0.25, 0.3) is 0 Å². The van der Waals surface area contributed by atoms with Gasteiger partial charge < -0.3 is 4.74 Å². The highest BCUT2D eigenvalue weighted by atomic mass is 16.5. The van der Waals surface area contributed by atoms with Gasteiger partial charge in [-0.05, 0) is 37.5 Å². The zero-order chi connectivity index (χ0) is 9.26. The summed E-state index contributed by atoms with van der Waals surface area (Å²) in [7, 11) is 0. The fourth-order valence-corrected chi connectivity index (χ4v) is 2.61. The topological polar surface area (TPSA) is 26.3 Å². The van der Waals surface area contributed by atoms with Crippen LogP contribution in [0.25, 0.3) is 0 Å². The number of esters is 1. The molecule has 0 saturated heterocycles. The molecule has 1 unspecified atom stereocenters. The third kappa shape index (κ3) is 1.93. The highest BCUT2D eigenvalue weighted by Gasteiger charge is 2.35. The predicted octanol–water partition coefficient (Wildman–Crippen LogP) is 2.29. The first-order valence-corrected chi connectivity index (χ1v) is 5.08. The molecule has 0 N–H and O–H groups in total. The molecular weight excluding hydrogens is 164 g/mol. The lowest BCUT2D eigenvalue weighted by molar-refractivity contribution is -0.146. The van der Waals surface area contributed by atoms with Crippen molar-refractivity contribution in [3.8, 4) is 0 Å². The van der Waals surface area contributed by atoms with E-state index >= 15 is 0 Å². The second kappa shape index (κ2) is 3.52. The normalized spacial score (nSPS) is 37.2. The Labute approximate surface area is 79.0 Å². The van der Waals surface area contributed by atoms with Crippen LogP contribution in [0.2, 0.25) is 0 Å². The summed E-state index contributed by atoms with van der Waals surface area (Å²) in [5, 5.41) is 0. The molecule has 0 aromatic rings. The van der Waals surface area contributed by atoms with Crippen LogP contribution in [0.15, 0.2) is 12.2 Å². The maximum atomic E-state index is 10.8. The summed E-state index contributed by atoms with van der Waals surface area (Å²) in [5.41, 5.74) is 0. The molecule has 2 nitrogen and oxygen atoms in total. The Kier molecular flexibility index (Phi) is 2.38. The number of hydrogen-bond acceptors (Lipinski definition) is 2. The minimum Gasteiger partial charge on any atom is -0.463 e. The summed E-state index contributed by atoms with van der Waals surface area (Å²) < 4.78 is 5.24. The van der Waals surface area contributed by atoms with Crippen LogP contribution in [0.3, 0.4) is 0 Å². The van der Waals surface area contributed by atoms with Gasteiger partial charge in [0.15, 0.2) is 0 Å². The smallest absolute Gasteiger partial charge is 0.302 e. The molecule has 2 heteroatoms. The second-order valence-corrected chi connectivity index (χ2v) is 4.17. The molecule has 2 rings (SSSR count). The van der Waals surface area contributed by atoms with Gasteiger partial charge in [0.2, 0.25) is 0 Å². The first kappa shape index (κ1) is 8.79. The highest BCUT2D eigenvalue weighted by Crippen LogP contribution is 2.40. The lowest BCUT2D eigenvalue weighted by Crippen LogP contribution is -2.12. The summed E-state index contributed by atoms with van der Waals surface area (Å²) in [6.45, 7) is 1.50. The largest absolute Gasteiger partial charge is 0.463 e. The maximum Gasteiger partial charge on any atom is 0.302 e. The van der Waals surface area contributed by atoms with E-state index in [-0.39, 0.29) is 12.1 Å². The Bertz CT molecular complexity index is 216. The molecule has 0 aliphatic heterocycles. The van der Waals surface area contributed by atoms with E-state index in [1.807, 2.05) is 0 Å². The predicted molar refractivity (Wildman–Crippen MR) is 50.1 cm³/mol. The fraction of sp³-hybridized carbons (Fsp3) is 0.727. The van der Waals surface area contributed by atoms with Crippen molar-refractivity contribution < 1.29 is 9.53 Å². The van der Waals surface area contributed by atoms with Crippen molar-refractivity contribution in [2.75, 3.05) is 0 Å². The van der Waals surface area contributed by atoms with Crippen LogP contribution >= 0.6 is 0 Å². The first-order valence-electron chi connectivity index (χ1n) is 5.08. The second-order valence-electron chi connectivity index (χ2n) is 4.17. The Balaban J connectivity index is 1.90. The minimum atomic E-state index is -0.128. The third-order valence-corrected chi connectivity index (χ3v) is 3.17. The average molecular weight is 180 g/mol. The molecule has 1 fully saturated rings. The Morgan fingerprint density at radius 2 is 1.77 bits per heavy atom. The number of carbonyl (C=O) groups is 1. The summed E-state index contributed by atoms with van der Waals surface area (Å²) in [4.78, 5) is 10.8. The van der Waals surface area contributed by atoms with Crippen LogP contribution < -0.4 is 0 Å². The van der Waals surface area contributed by atoms with Crippen molar-refractivity contribution in [1.29, 1.82) is 0 Å². The van der Waals surface area contributed by atoms with Crippen LogP contribution in [-0.2, 0) is 9.53 Å². The Morgan fingerprint density at radius 3 is 2.23 bits per heavy atom. The minimum absolute atomic E-state index is 0.128. The number of carbonyl (C=O) groups excluding carboxylic acids is 1. The number of ether oxygens (including phenoxy) is 1. The molecule has 1 saturated carbocycles. The number of fused-ring (bicyclic) bond motifs is 1. The lowest BCUT2D eigenvalue weighted by atomic mass is 9.86. The zero-order valence-electron chi connectivity index (χ0n) is 8.03. The summed E-state index contributed by atoms with van der Waals surface area (Å²) in [5.74, 6) is 1.42. The van der Waals surface area contributed by atoms with Gasteiger partial charge in [0.05, 0.1) is 0 Å². The van der Waals surface area contributed by atoms with Crippen molar-refractivity contribution in [3.05, 3.63) is 12.2 Å². The Morgan fingerprint density at radius 1 is 1.23 bits per heavy atom. The third-order valence-electron chi connectivity index (χ3n) is 3.17. The molecule has 13 heavy (non-hydrogen) atoms. The van der Waals surface area contributed by atoms with E-state index in [1.54, 1.807) is 0 Å². The van der Waals surface area contributed by atoms with Gasteiger partial charge in [-0.2, -0.15) is 0 Å². The van der Waals surface area contributed by atoms with E-state index in [2.05, 4.69) is 12.2 Å². The van der Waals surface area contributed by atoms with Crippen LogP contribution in [0.1, 0.15) is 32.6 Å². The van der Waals surface area contributed by atoms with Crippen LogP contribution in [0, 0.1) is 11.8 Å². The van der Waals surface area contributed by atoms with E-state index in [0.717, 1.165) is 24.7 Å². The van der Waals surface area contributed by atoms with Gasteiger partial charge in [0.1, 0.15) is 6.10 Å². The van der Waals surface area contributed by atoms with Gasteiger partial charge in [-0.1, -0.05) is 12.2 Å². The van der Waals surface area contributed by atoms with Crippen LogP contribution in [0.5, 0.6) is 0 Å². The molecule has 2 aliphatic carbocycles. The lowest BCUT2D eigenvalue weighted by Gasteiger charge is -2.19. The summed E-state index contributed by atoms with van der Waals surface area (Å²) >= 11 is 0.